The molecule has 26 heavy (non-hydrogen) atoms. The van der Waals surface area contributed by atoms with Crippen LogP contribution in [0.3, 0.4) is 0 Å². The molecule has 3 nitrogen and oxygen atoms in total. The van der Waals surface area contributed by atoms with Crippen LogP contribution in [0.1, 0.15) is 52.0 Å². The number of carbonyl (C=O) groups is 1. The summed E-state index contributed by atoms with van der Waals surface area (Å²) in [5.41, 5.74) is 0.568. The molecule has 1 aromatic carbocycles. The number of ether oxygens (including phenoxy) is 2. The van der Waals surface area contributed by atoms with E-state index in [1.54, 1.807) is 13.2 Å². The predicted molar refractivity (Wildman–Crippen MR) is 105 cm³/mol. The quantitative estimate of drug-likeness (QED) is 0.377. The number of hydrogen-bond acceptors (Lipinski definition) is 3. The van der Waals surface area contributed by atoms with Crippen LogP contribution in [-0.4, -0.2) is 19.0 Å². The van der Waals surface area contributed by atoms with E-state index in [2.05, 4.69) is 25.3 Å². The van der Waals surface area contributed by atoms with Gasteiger partial charge in [-0.15, -0.1) is 6.58 Å². The van der Waals surface area contributed by atoms with Gasteiger partial charge in [0.1, 0.15) is 22.5 Å². The van der Waals surface area contributed by atoms with Crippen LogP contribution >= 0.6 is 0 Å². The van der Waals surface area contributed by atoms with Gasteiger partial charge in [0.15, 0.2) is 5.78 Å². The molecule has 3 heteroatoms. The second kappa shape index (κ2) is 8.76. The molecule has 2 rings (SSSR count). The number of hydrogen-bond donors (Lipinski definition) is 0. The molecule has 138 valence electrons. The fourth-order valence-corrected chi connectivity index (χ4v) is 3.15. The van der Waals surface area contributed by atoms with Crippen molar-refractivity contribution in [3.8, 4) is 17.6 Å². The SMILES string of the molecule is C=CCC1(c2ccc(OC)cc2)C(=O)C(C#CCCCC)=C1OC(C)C. The molecule has 0 aliphatic heterocycles. The van der Waals surface area contributed by atoms with Gasteiger partial charge in [0.25, 0.3) is 0 Å². The number of allylic oxidation sites excluding steroid dienone is 3. The molecule has 0 amide bonds. The molecule has 1 aromatic rings. The Morgan fingerprint density at radius 1 is 1.27 bits per heavy atom. The normalized spacial score (nSPS) is 18.9. The molecule has 1 atom stereocenters. The number of rotatable bonds is 8. The Morgan fingerprint density at radius 2 is 1.96 bits per heavy atom. The van der Waals surface area contributed by atoms with Crippen molar-refractivity contribution in [2.75, 3.05) is 7.11 Å². The summed E-state index contributed by atoms with van der Waals surface area (Å²) in [7, 11) is 1.63. The molecule has 1 unspecified atom stereocenters. The van der Waals surface area contributed by atoms with Crippen LogP contribution in [0.25, 0.3) is 0 Å². The number of carbonyl (C=O) groups excluding carboxylic acids is 1. The minimum atomic E-state index is -0.826. The first-order valence-corrected chi connectivity index (χ1v) is 9.21. The zero-order valence-electron chi connectivity index (χ0n) is 16.2. The topological polar surface area (TPSA) is 35.5 Å². The standard InChI is InChI=1S/C23H28O3/c1-6-8-9-10-11-20-21(24)23(16-7-2,22(20)26-17(3)4)18-12-14-19(25-5)15-13-18/h7,12-15,17H,2,6,8-9,16H2,1,3-5H3. The first kappa shape index (κ1) is 19.8. The number of methoxy groups -OCH3 is 1. The molecule has 0 N–H and O–H groups in total. The Kier molecular flexibility index (Phi) is 6.69. The first-order valence-electron chi connectivity index (χ1n) is 9.21. The highest BCUT2D eigenvalue weighted by molar-refractivity contribution is 6.16. The smallest absolute Gasteiger partial charge is 0.193 e. The maximum atomic E-state index is 13.2. The molecule has 0 heterocycles. The van der Waals surface area contributed by atoms with Gasteiger partial charge >= 0.3 is 0 Å². The zero-order chi connectivity index (χ0) is 19.2. The van der Waals surface area contributed by atoms with E-state index in [4.69, 9.17) is 9.47 Å². The van der Waals surface area contributed by atoms with Crippen molar-refractivity contribution >= 4 is 5.78 Å². The maximum Gasteiger partial charge on any atom is 0.193 e. The van der Waals surface area contributed by atoms with E-state index in [9.17, 15) is 4.79 Å². The highest BCUT2D eigenvalue weighted by Gasteiger charge is 2.56. The lowest BCUT2D eigenvalue weighted by molar-refractivity contribution is -0.124. The van der Waals surface area contributed by atoms with Crippen LogP contribution in [0.4, 0.5) is 0 Å². The lowest BCUT2D eigenvalue weighted by atomic mass is 9.61. The lowest BCUT2D eigenvalue weighted by Gasteiger charge is -2.42. The van der Waals surface area contributed by atoms with Crippen LogP contribution in [0.2, 0.25) is 0 Å². The maximum absolute atomic E-state index is 13.2. The third kappa shape index (κ3) is 3.70. The molecule has 0 spiro atoms. The monoisotopic (exact) mass is 352 g/mol. The van der Waals surface area contributed by atoms with E-state index in [0.29, 0.717) is 17.8 Å². The Balaban J connectivity index is 2.51. The summed E-state index contributed by atoms with van der Waals surface area (Å²) in [4.78, 5) is 13.2. The van der Waals surface area contributed by atoms with E-state index >= 15 is 0 Å². The van der Waals surface area contributed by atoms with Crippen LogP contribution < -0.4 is 4.74 Å². The van der Waals surface area contributed by atoms with Gasteiger partial charge in [-0.3, -0.25) is 4.79 Å². The summed E-state index contributed by atoms with van der Waals surface area (Å²) in [6, 6.07) is 7.58. The Hall–Kier alpha value is -2.47. The number of Topliss-reactive ketones (excluding diaryl/α,β-unsaturated/α-hetero) is 1. The van der Waals surface area contributed by atoms with E-state index < -0.39 is 5.41 Å². The second-order valence-corrected chi connectivity index (χ2v) is 6.73. The average molecular weight is 352 g/mol. The summed E-state index contributed by atoms with van der Waals surface area (Å²) in [5, 5.41) is 0. The van der Waals surface area contributed by atoms with Crippen molar-refractivity contribution in [1.82, 2.24) is 0 Å². The van der Waals surface area contributed by atoms with E-state index in [1.165, 1.54) is 0 Å². The molecule has 1 aliphatic rings. The third-order valence-corrected chi connectivity index (χ3v) is 4.48. The molecule has 0 bridgehead atoms. The fraction of sp³-hybridized carbons (Fsp3) is 0.435. The molecule has 0 radical (unpaired) electrons. The van der Waals surface area contributed by atoms with Gasteiger partial charge in [0.05, 0.1) is 13.2 Å². The van der Waals surface area contributed by atoms with Gasteiger partial charge in [-0.05, 0) is 44.4 Å². The first-order chi connectivity index (χ1) is 12.5. The van der Waals surface area contributed by atoms with Crippen molar-refractivity contribution in [1.29, 1.82) is 0 Å². The Bertz CT molecular complexity index is 744. The molecular formula is C23H28O3. The fourth-order valence-electron chi connectivity index (χ4n) is 3.15. The van der Waals surface area contributed by atoms with Crippen LogP contribution in [0, 0.1) is 11.8 Å². The Morgan fingerprint density at radius 3 is 2.50 bits per heavy atom. The zero-order valence-corrected chi connectivity index (χ0v) is 16.2. The Labute approximate surface area is 157 Å². The lowest BCUT2D eigenvalue weighted by Crippen LogP contribution is -2.49. The van der Waals surface area contributed by atoms with Gasteiger partial charge in [-0.25, -0.2) is 0 Å². The minimum Gasteiger partial charge on any atom is -0.497 e. The predicted octanol–water partition coefficient (Wildman–Crippen LogP) is 4.96. The average Bonchev–Trinajstić information content (AvgIpc) is 2.65. The van der Waals surface area contributed by atoms with Crippen molar-refractivity contribution in [2.24, 2.45) is 0 Å². The van der Waals surface area contributed by atoms with Crippen LogP contribution in [-0.2, 0) is 14.9 Å². The highest BCUT2D eigenvalue weighted by atomic mass is 16.5. The van der Waals surface area contributed by atoms with Crippen LogP contribution in [0.15, 0.2) is 48.3 Å². The van der Waals surface area contributed by atoms with E-state index in [1.807, 2.05) is 38.1 Å². The summed E-state index contributed by atoms with van der Waals surface area (Å²) in [6.07, 6.45) is 5.13. The molecule has 0 saturated carbocycles. The van der Waals surface area contributed by atoms with Crippen molar-refractivity contribution in [3.63, 3.8) is 0 Å². The molecule has 1 aliphatic carbocycles. The van der Waals surface area contributed by atoms with E-state index in [-0.39, 0.29) is 11.9 Å². The molecule has 0 fully saturated rings. The van der Waals surface area contributed by atoms with Crippen LogP contribution in [0.5, 0.6) is 5.75 Å². The molecular weight excluding hydrogens is 324 g/mol. The largest absolute Gasteiger partial charge is 0.497 e. The summed E-state index contributed by atoms with van der Waals surface area (Å²) in [5.74, 6) is 7.62. The van der Waals surface area contributed by atoms with Gasteiger partial charge in [0.2, 0.25) is 0 Å². The van der Waals surface area contributed by atoms with Gasteiger partial charge in [-0.2, -0.15) is 0 Å². The summed E-state index contributed by atoms with van der Waals surface area (Å²) in [6.45, 7) is 9.91. The van der Waals surface area contributed by atoms with Crippen molar-refractivity contribution < 1.29 is 14.3 Å². The summed E-state index contributed by atoms with van der Waals surface area (Å²) >= 11 is 0. The van der Waals surface area contributed by atoms with Gasteiger partial charge in [0, 0.05) is 6.42 Å². The third-order valence-electron chi connectivity index (χ3n) is 4.48. The number of unbranched alkanes of at least 4 members (excludes halogenated alkanes) is 2. The molecule has 0 saturated heterocycles. The second-order valence-electron chi connectivity index (χ2n) is 6.73. The van der Waals surface area contributed by atoms with Crippen molar-refractivity contribution in [2.45, 2.75) is 58.0 Å². The summed E-state index contributed by atoms with van der Waals surface area (Å²) < 4.78 is 11.3. The highest BCUT2D eigenvalue weighted by Crippen LogP contribution is 2.49. The van der Waals surface area contributed by atoms with Crippen molar-refractivity contribution in [3.05, 3.63) is 53.8 Å². The number of benzene rings is 1. The molecule has 0 aromatic heterocycles. The minimum absolute atomic E-state index is 0.0159. The van der Waals surface area contributed by atoms with Gasteiger partial charge in [-0.1, -0.05) is 43.4 Å². The number of ketones is 1. The van der Waals surface area contributed by atoms with E-state index in [0.717, 1.165) is 30.6 Å². The van der Waals surface area contributed by atoms with Gasteiger partial charge < -0.3 is 9.47 Å².